The van der Waals surface area contributed by atoms with Gasteiger partial charge in [-0.3, -0.25) is 9.59 Å². The Bertz CT molecular complexity index is 524. The van der Waals surface area contributed by atoms with Crippen LogP contribution in [0.3, 0.4) is 0 Å². The van der Waals surface area contributed by atoms with Crippen LogP contribution in [0.4, 0.5) is 0 Å². The third-order valence-electron chi connectivity index (χ3n) is 8.55. The molecule has 0 aromatic heterocycles. The molecule has 7 atom stereocenters. The van der Waals surface area contributed by atoms with Crippen LogP contribution in [0.2, 0.25) is 0 Å². The maximum Gasteiger partial charge on any atom is 0.139 e. The minimum Gasteiger partial charge on any atom is -0.300 e. The summed E-state index contributed by atoms with van der Waals surface area (Å²) in [5.41, 5.74) is 0.334. The van der Waals surface area contributed by atoms with Crippen molar-refractivity contribution in [3.05, 3.63) is 0 Å². The molecule has 0 heterocycles. The summed E-state index contributed by atoms with van der Waals surface area (Å²) in [6, 6.07) is 0. The zero-order valence-corrected chi connectivity index (χ0v) is 14.4. The highest BCUT2D eigenvalue weighted by Gasteiger charge is 2.61. The zero-order valence-electron chi connectivity index (χ0n) is 14.4. The first-order valence-corrected chi connectivity index (χ1v) is 9.41. The second-order valence-electron chi connectivity index (χ2n) is 9.37. The van der Waals surface area contributed by atoms with Gasteiger partial charge in [0.25, 0.3) is 0 Å². The standard InChI is InChI=1S/C20H30O2/c1-12-10-13-11-14(21)6-8-19(13,2)16-7-9-20(3)15(18(12)16)4-5-17(20)22/h12-13,15-16,18H,4-11H2,1-3H3. The van der Waals surface area contributed by atoms with Crippen molar-refractivity contribution in [1.29, 1.82) is 0 Å². The van der Waals surface area contributed by atoms with Gasteiger partial charge in [-0.25, -0.2) is 0 Å². The van der Waals surface area contributed by atoms with Gasteiger partial charge in [0.2, 0.25) is 0 Å². The van der Waals surface area contributed by atoms with E-state index >= 15 is 0 Å². The van der Waals surface area contributed by atoms with Gasteiger partial charge < -0.3 is 0 Å². The van der Waals surface area contributed by atoms with Crippen LogP contribution < -0.4 is 0 Å². The second-order valence-corrected chi connectivity index (χ2v) is 9.37. The Morgan fingerprint density at radius 1 is 1.00 bits per heavy atom. The molecule has 0 bridgehead atoms. The van der Waals surface area contributed by atoms with Crippen LogP contribution in [-0.4, -0.2) is 11.6 Å². The number of fused-ring (bicyclic) bond motifs is 5. The van der Waals surface area contributed by atoms with E-state index in [-0.39, 0.29) is 5.41 Å². The van der Waals surface area contributed by atoms with Gasteiger partial charge >= 0.3 is 0 Å². The van der Waals surface area contributed by atoms with Gasteiger partial charge in [0, 0.05) is 24.7 Å². The minimum atomic E-state index is -0.0247. The van der Waals surface area contributed by atoms with E-state index in [1.165, 1.54) is 12.8 Å². The predicted molar refractivity (Wildman–Crippen MR) is 86.3 cm³/mol. The maximum atomic E-state index is 12.5. The topological polar surface area (TPSA) is 34.1 Å². The lowest BCUT2D eigenvalue weighted by atomic mass is 9.43. The lowest BCUT2D eigenvalue weighted by Crippen LogP contribution is -2.56. The Morgan fingerprint density at radius 3 is 2.55 bits per heavy atom. The number of hydrogen-bond donors (Lipinski definition) is 0. The summed E-state index contributed by atoms with van der Waals surface area (Å²) in [5, 5.41) is 0. The Kier molecular flexibility index (Phi) is 3.17. The lowest BCUT2D eigenvalue weighted by Gasteiger charge is -2.61. The molecular weight excluding hydrogens is 272 g/mol. The van der Waals surface area contributed by atoms with E-state index in [4.69, 9.17) is 0 Å². The summed E-state index contributed by atoms with van der Waals surface area (Å²) in [4.78, 5) is 24.4. The van der Waals surface area contributed by atoms with Gasteiger partial charge in [0.15, 0.2) is 0 Å². The average molecular weight is 302 g/mol. The summed E-state index contributed by atoms with van der Waals surface area (Å²) in [7, 11) is 0. The third kappa shape index (κ3) is 1.79. The Hall–Kier alpha value is -0.660. The van der Waals surface area contributed by atoms with Crippen molar-refractivity contribution < 1.29 is 9.59 Å². The quantitative estimate of drug-likeness (QED) is 0.664. The normalized spacial score (nSPS) is 54.6. The Morgan fingerprint density at radius 2 is 1.77 bits per heavy atom. The van der Waals surface area contributed by atoms with Gasteiger partial charge in [-0.15, -0.1) is 0 Å². The molecule has 0 N–H and O–H groups in total. The SMILES string of the molecule is CC1CC2CC(=O)CCC2(C)C2CCC3(C)C(=O)CCC3C12. The fraction of sp³-hybridized carbons (Fsp3) is 0.900. The molecule has 2 nitrogen and oxygen atoms in total. The van der Waals surface area contributed by atoms with Crippen LogP contribution in [0.15, 0.2) is 0 Å². The van der Waals surface area contributed by atoms with Crippen molar-refractivity contribution in [2.24, 2.45) is 40.4 Å². The van der Waals surface area contributed by atoms with Crippen molar-refractivity contribution in [2.45, 2.75) is 72.1 Å². The van der Waals surface area contributed by atoms with E-state index in [9.17, 15) is 9.59 Å². The van der Waals surface area contributed by atoms with Crippen LogP contribution in [-0.2, 0) is 9.59 Å². The molecule has 0 saturated heterocycles. The van der Waals surface area contributed by atoms with Crippen LogP contribution in [0, 0.1) is 40.4 Å². The fourth-order valence-corrected chi connectivity index (χ4v) is 7.20. The van der Waals surface area contributed by atoms with Crippen molar-refractivity contribution in [3.8, 4) is 0 Å². The molecule has 0 spiro atoms. The van der Waals surface area contributed by atoms with E-state index in [2.05, 4.69) is 20.8 Å². The molecule has 4 saturated carbocycles. The third-order valence-corrected chi connectivity index (χ3v) is 8.55. The molecule has 0 aromatic rings. The van der Waals surface area contributed by atoms with E-state index in [0.29, 0.717) is 34.7 Å². The van der Waals surface area contributed by atoms with Gasteiger partial charge in [-0.05, 0) is 67.1 Å². The Balaban J connectivity index is 1.70. The predicted octanol–water partition coefficient (Wildman–Crippen LogP) is 4.41. The highest BCUT2D eigenvalue weighted by molar-refractivity contribution is 5.87. The smallest absolute Gasteiger partial charge is 0.139 e. The highest BCUT2D eigenvalue weighted by atomic mass is 16.1. The van der Waals surface area contributed by atoms with E-state index < -0.39 is 0 Å². The number of ketones is 2. The van der Waals surface area contributed by atoms with Crippen LogP contribution in [0.25, 0.3) is 0 Å². The van der Waals surface area contributed by atoms with E-state index in [1.54, 1.807) is 0 Å². The van der Waals surface area contributed by atoms with Gasteiger partial charge in [-0.1, -0.05) is 20.8 Å². The second kappa shape index (κ2) is 4.68. The summed E-state index contributed by atoms with van der Waals surface area (Å²) in [6.45, 7) is 7.15. The number of hydrogen-bond acceptors (Lipinski definition) is 2. The molecule has 122 valence electrons. The molecule has 0 aromatic carbocycles. The number of carbonyl (C=O) groups excluding carboxylic acids is 2. The molecule has 0 amide bonds. The molecule has 22 heavy (non-hydrogen) atoms. The molecule has 7 unspecified atom stereocenters. The van der Waals surface area contributed by atoms with Gasteiger partial charge in [0.05, 0.1) is 0 Å². The fourth-order valence-electron chi connectivity index (χ4n) is 7.20. The summed E-state index contributed by atoms with van der Waals surface area (Å²) >= 11 is 0. The molecule has 4 aliphatic carbocycles. The first kappa shape index (κ1) is 14.9. The van der Waals surface area contributed by atoms with Crippen LogP contribution in [0.5, 0.6) is 0 Å². The first-order valence-electron chi connectivity index (χ1n) is 9.41. The number of Topliss-reactive ketones (excluding diaryl/α,β-unsaturated/α-hetero) is 2. The van der Waals surface area contributed by atoms with Crippen LogP contribution >= 0.6 is 0 Å². The summed E-state index contributed by atoms with van der Waals surface area (Å²) in [6.07, 6.45) is 8.19. The maximum absolute atomic E-state index is 12.5. The summed E-state index contributed by atoms with van der Waals surface area (Å²) < 4.78 is 0. The van der Waals surface area contributed by atoms with Crippen molar-refractivity contribution in [1.82, 2.24) is 0 Å². The van der Waals surface area contributed by atoms with Gasteiger partial charge in [0.1, 0.15) is 11.6 Å². The number of carbonyl (C=O) groups is 2. The van der Waals surface area contributed by atoms with E-state index in [1.807, 2.05) is 0 Å². The largest absolute Gasteiger partial charge is 0.300 e. The number of rotatable bonds is 0. The molecule has 0 radical (unpaired) electrons. The molecular formula is C20H30O2. The van der Waals surface area contributed by atoms with E-state index in [0.717, 1.165) is 50.4 Å². The highest BCUT2D eigenvalue weighted by Crippen LogP contribution is 2.66. The molecule has 4 fully saturated rings. The molecule has 0 aliphatic heterocycles. The van der Waals surface area contributed by atoms with Crippen molar-refractivity contribution in [2.75, 3.05) is 0 Å². The van der Waals surface area contributed by atoms with Crippen LogP contribution in [0.1, 0.15) is 72.1 Å². The molecule has 4 rings (SSSR count). The average Bonchev–Trinajstić information content (AvgIpc) is 2.77. The van der Waals surface area contributed by atoms with Crippen molar-refractivity contribution in [3.63, 3.8) is 0 Å². The minimum absolute atomic E-state index is 0.0247. The zero-order chi connectivity index (χ0) is 15.7. The summed E-state index contributed by atoms with van der Waals surface area (Å²) in [5.74, 6) is 4.40. The first-order chi connectivity index (χ1) is 10.4. The Labute approximate surface area is 134 Å². The van der Waals surface area contributed by atoms with Crippen molar-refractivity contribution >= 4 is 11.6 Å². The lowest BCUT2D eigenvalue weighted by molar-refractivity contribution is -0.152. The molecule has 2 heteroatoms. The monoisotopic (exact) mass is 302 g/mol. The van der Waals surface area contributed by atoms with Gasteiger partial charge in [-0.2, -0.15) is 0 Å². The molecule has 4 aliphatic rings.